The van der Waals surface area contributed by atoms with E-state index in [1.807, 2.05) is 19.0 Å². The highest BCUT2D eigenvalue weighted by atomic mass is 16.4. The standard InChI is InChI=1S/C9H11NO2.C2H6N2/c1-10(2)8-5-3-7(4-6-8)9(11)12;1-2(3)4/h3-6H,1-2H3,(H,11,12);1H3,(H3,3,4). The van der Waals surface area contributed by atoms with Crippen LogP contribution in [0.5, 0.6) is 0 Å². The first-order valence-corrected chi connectivity index (χ1v) is 4.66. The van der Waals surface area contributed by atoms with Gasteiger partial charge in [-0.2, -0.15) is 0 Å². The summed E-state index contributed by atoms with van der Waals surface area (Å²) in [5.41, 5.74) is 6.01. The van der Waals surface area contributed by atoms with Crippen LogP contribution in [-0.4, -0.2) is 31.0 Å². The largest absolute Gasteiger partial charge is 0.478 e. The van der Waals surface area contributed by atoms with Crippen LogP contribution in [0.2, 0.25) is 0 Å². The van der Waals surface area contributed by atoms with Crippen molar-refractivity contribution in [2.24, 2.45) is 5.73 Å². The van der Waals surface area contributed by atoms with Gasteiger partial charge in [0.25, 0.3) is 0 Å². The van der Waals surface area contributed by atoms with Gasteiger partial charge < -0.3 is 15.7 Å². The number of anilines is 1. The number of nitrogens with one attached hydrogen (secondary N) is 1. The summed E-state index contributed by atoms with van der Waals surface area (Å²) < 4.78 is 0. The predicted molar refractivity (Wildman–Crippen MR) is 65.3 cm³/mol. The van der Waals surface area contributed by atoms with Crippen molar-refractivity contribution in [3.8, 4) is 0 Å². The van der Waals surface area contributed by atoms with E-state index >= 15 is 0 Å². The van der Waals surface area contributed by atoms with E-state index in [9.17, 15) is 4.79 Å². The van der Waals surface area contributed by atoms with Gasteiger partial charge in [-0.3, -0.25) is 5.41 Å². The Morgan fingerprint density at radius 1 is 1.31 bits per heavy atom. The van der Waals surface area contributed by atoms with E-state index in [2.05, 4.69) is 0 Å². The first kappa shape index (κ1) is 14.0. The van der Waals surface area contributed by atoms with Crippen molar-refractivity contribution in [3.05, 3.63) is 29.8 Å². The maximum absolute atomic E-state index is 10.5. The normalized spacial score (nSPS) is 8.69. The van der Waals surface area contributed by atoms with Crippen molar-refractivity contribution in [3.63, 3.8) is 0 Å². The summed E-state index contributed by atoms with van der Waals surface area (Å²) in [4.78, 5) is 12.4. The van der Waals surface area contributed by atoms with Crippen LogP contribution in [0.25, 0.3) is 0 Å². The van der Waals surface area contributed by atoms with Crippen molar-refractivity contribution < 1.29 is 9.90 Å². The van der Waals surface area contributed by atoms with E-state index in [0.29, 0.717) is 5.56 Å². The molecule has 88 valence electrons. The smallest absolute Gasteiger partial charge is 0.335 e. The third-order valence-corrected chi connectivity index (χ3v) is 1.63. The van der Waals surface area contributed by atoms with Gasteiger partial charge in [0, 0.05) is 19.8 Å². The van der Waals surface area contributed by atoms with Crippen molar-refractivity contribution >= 4 is 17.5 Å². The first-order valence-electron chi connectivity index (χ1n) is 4.66. The number of rotatable bonds is 2. The minimum absolute atomic E-state index is 0.167. The molecule has 0 aliphatic rings. The van der Waals surface area contributed by atoms with Gasteiger partial charge in [-0.05, 0) is 31.2 Å². The lowest BCUT2D eigenvalue weighted by atomic mass is 10.2. The van der Waals surface area contributed by atoms with Crippen LogP contribution in [0.15, 0.2) is 24.3 Å². The molecule has 5 nitrogen and oxygen atoms in total. The zero-order chi connectivity index (χ0) is 12.7. The Morgan fingerprint density at radius 2 is 1.69 bits per heavy atom. The maximum atomic E-state index is 10.5. The molecule has 0 radical (unpaired) electrons. The van der Waals surface area contributed by atoms with Gasteiger partial charge in [-0.25, -0.2) is 4.79 Å². The van der Waals surface area contributed by atoms with Gasteiger partial charge in [0.1, 0.15) is 0 Å². The maximum Gasteiger partial charge on any atom is 0.335 e. The van der Waals surface area contributed by atoms with Crippen LogP contribution >= 0.6 is 0 Å². The average Bonchev–Trinajstić information content (AvgIpc) is 2.17. The van der Waals surface area contributed by atoms with E-state index < -0.39 is 5.97 Å². The minimum Gasteiger partial charge on any atom is -0.478 e. The number of nitrogens with two attached hydrogens (primary N) is 1. The van der Waals surface area contributed by atoms with Crippen molar-refractivity contribution in [1.82, 2.24) is 0 Å². The molecule has 0 atom stereocenters. The summed E-state index contributed by atoms with van der Waals surface area (Å²) >= 11 is 0. The second kappa shape index (κ2) is 6.44. The van der Waals surface area contributed by atoms with Crippen LogP contribution in [0.4, 0.5) is 5.69 Å². The zero-order valence-electron chi connectivity index (χ0n) is 9.69. The number of carboxylic acids is 1. The van der Waals surface area contributed by atoms with E-state index in [1.54, 1.807) is 24.3 Å². The molecule has 5 heteroatoms. The zero-order valence-corrected chi connectivity index (χ0v) is 9.69. The molecule has 0 fully saturated rings. The summed E-state index contributed by atoms with van der Waals surface area (Å²) in [7, 11) is 3.82. The Balaban J connectivity index is 0.000000487. The van der Waals surface area contributed by atoms with E-state index in [1.165, 1.54) is 6.92 Å². The van der Waals surface area contributed by atoms with Gasteiger partial charge in [-0.1, -0.05) is 0 Å². The van der Waals surface area contributed by atoms with Gasteiger partial charge in [0.15, 0.2) is 0 Å². The number of aromatic carboxylic acids is 1. The lowest BCUT2D eigenvalue weighted by molar-refractivity contribution is 0.0697. The molecule has 0 amide bonds. The van der Waals surface area contributed by atoms with E-state index in [0.717, 1.165) is 5.69 Å². The first-order chi connectivity index (χ1) is 7.34. The molecular weight excluding hydrogens is 206 g/mol. The summed E-state index contributed by atoms with van der Waals surface area (Å²) in [5.74, 6) is -0.722. The van der Waals surface area contributed by atoms with Gasteiger partial charge in [0.2, 0.25) is 0 Å². The highest BCUT2D eigenvalue weighted by Gasteiger charge is 2.01. The molecule has 0 aliphatic heterocycles. The highest BCUT2D eigenvalue weighted by Crippen LogP contribution is 2.11. The number of hydrogen-bond acceptors (Lipinski definition) is 3. The topological polar surface area (TPSA) is 90.4 Å². The molecular formula is C11H17N3O2. The molecule has 1 aromatic carbocycles. The Kier molecular flexibility index (Phi) is 5.62. The molecule has 0 spiro atoms. The summed E-state index contributed by atoms with van der Waals surface area (Å²) in [6.45, 7) is 1.53. The predicted octanol–water partition coefficient (Wildman–Crippen LogP) is 1.39. The molecule has 0 saturated heterocycles. The van der Waals surface area contributed by atoms with Crippen LogP contribution < -0.4 is 10.6 Å². The second-order valence-corrected chi connectivity index (χ2v) is 3.43. The fraction of sp³-hybridized carbons (Fsp3) is 0.273. The summed E-state index contributed by atoms with van der Waals surface area (Å²) in [5, 5.41) is 14.9. The van der Waals surface area contributed by atoms with Gasteiger partial charge >= 0.3 is 5.97 Å². The number of benzene rings is 1. The van der Waals surface area contributed by atoms with E-state index in [4.69, 9.17) is 16.2 Å². The summed E-state index contributed by atoms with van der Waals surface area (Å²) in [6, 6.07) is 6.75. The van der Waals surface area contributed by atoms with Crippen LogP contribution in [0, 0.1) is 5.41 Å². The fourth-order valence-corrected chi connectivity index (χ4v) is 0.902. The van der Waals surface area contributed by atoms with Crippen LogP contribution in [-0.2, 0) is 0 Å². The third kappa shape index (κ3) is 5.64. The van der Waals surface area contributed by atoms with Crippen molar-refractivity contribution in [2.45, 2.75) is 6.92 Å². The molecule has 0 heterocycles. The Hall–Kier alpha value is -2.04. The third-order valence-electron chi connectivity index (χ3n) is 1.63. The molecule has 0 unspecified atom stereocenters. The van der Waals surface area contributed by atoms with Crippen molar-refractivity contribution in [2.75, 3.05) is 19.0 Å². The molecule has 0 saturated carbocycles. The Morgan fingerprint density at radius 3 is 1.94 bits per heavy atom. The number of carboxylic acid groups (broad SMARTS) is 1. The van der Waals surface area contributed by atoms with Gasteiger partial charge in [-0.15, -0.1) is 0 Å². The minimum atomic E-state index is -0.889. The quantitative estimate of drug-likeness (QED) is 0.522. The molecule has 0 aliphatic carbocycles. The Labute approximate surface area is 95.0 Å². The number of nitrogens with zero attached hydrogens (tertiary/aromatic N) is 1. The number of hydrogen-bond donors (Lipinski definition) is 3. The Bertz CT molecular complexity index is 354. The van der Waals surface area contributed by atoms with Crippen molar-refractivity contribution in [1.29, 1.82) is 5.41 Å². The number of carbonyl (C=O) groups is 1. The van der Waals surface area contributed by atoms with E-state index in [-0.39, 0.29) is 5.84 Å². The average molecular weight is 223 g/mol. The fourth-order valence-electron chi connectivity index (χ4n) is 0.902. The van der Waals surface area contributed by atoms with Crippen LogP contribution in [0.3, 0.4) is 0 Å². The molecule has 4 N–H and O–H groups in total. The molecule has 0 aromatic heterocycles. The van der Waals surface area contributed by atoms with Crippen LogP contribution in [0.1, 0.15) is 17.3 Å². The molecule has 1 aromatic rings. The van der Waals surface area contributed by atoms with Gasteiger partial charge in [0.05, 0.1) is 11.4 Å². The molecule has 16 heavy (non-hydrogen) atoms. The monoisotopic (exact) mass is 223 g/mol. The second-order valence-electron chi connectivity index (χ2n) is 3.43. The lowest BCUT2D eigenvalue weighted by Gasteiger charge is -2.11. The molecule has 0 bridgehead atoms. The molecule has 1 rings (SSSR count). The SMILES string of the molecule is CC(=N)N.CN(C)c1ccc(C(=O)O)cc1. The lowest BCUT2D eigenvalue weighted by Crippen LogP contribution is -2.08. The highest BCUT2D eigenvalue weighted by molar-refractivity contribution is 5.88. The summed E-state index contributed by atoms with van der Waals surface area (Å²) in [6.07, 6.45) is 0. The number of amidine groups is 1.